The van der Waals surface area contributed by atoms with Gasteiger partial charge in [-0.1, -0.05) is 19.8 Å². The van der Waals surface area contributed by atoms with Gasteiger partial charge >= 0.3 is 6.03 Å². The number of carbonyl (C=O) groups is 1. The van der Waals surface area contributed by atoms with Crippen LogP contribution in [0.4, 0.5) is 4.79 Å². The Morgan fingerprint density at radius 3 is 2.39 bits per heavy atom. The number of rotatable bonds is 2. The largest absolute Gasteiger partial charge is 0.351 e. The zero-order valence-electron chi connectivity index (χ0n) is 11.5. The Balaban J connectivity index is 1.72. The molecule has 0 bridgehead atoms. The van der Waals surface area contributed by atoms with E-state index in [4.69, 9.17) is 5.73 Å². The predicted molar refractivity (Wildman–Crippen MR) is 73.4 cm³/mol. The van der Waals surface area contributed by atoms with Gasteiger partial charge in [-0.05, 0) is 38.0 Å². The summed E-state index contributed by atoms with van der Waals surface area (Å²) in [5, 5.41) is 3.80. The molecule has 0 spiro atoms. The van der Waals surface area contributed by atoms with E-state index in [1.165, 1.54) is 32.1 Å². The number of likely N-dealkylation sites (tertiary alicyclic amines) is 1. The van der Waals surface area contributed by atoms with Crippen molar-refractivity contribution in [3.63, 3.8) is 0 Å². The maximum Gasteiger partial charge on any atom is 0.314 e. The molecule has 4 heteroatoms. The summed E-state index contributed by atoms with van der Waals surface area (Å²) in [6.07, 6.45) is 8.84. The molecular formula is C14H27N3O. The monoisotopic (exact) mass is 253 g/mol. The third-order valence-corrected chi connectivity index (χ3v) is 4.54. The van der Waals surface area contributed by atoms with Gasteiger partial charge in [0.05, 0.1) is 0 Å². The quantitative estimate of drug-likeness (QED) is 0.740. The van der Waals surface area contributed by atoms with Gasteiger partial charge in [0.15, 0.2) is 0 Å². The van der Waals surface area contributed by atoms with Crippen molar-refractivity contribution in [2.45, 2.75) is 64.0 Å². The molecule has 1 aliphatic heterocycles. The summed E-state index contributed by atoms with van der Waals surface area (Å²) in [5.74, 6) is 0.897. The van der Waals surface area contributed by atoms with E-state index >= 15 is 0 Å². The van der Waals surface area contributed by atoms with Crippen molar-refractivity contribution < 1.29 is 4.79 Å². The van der Waals surface area contributed by atoms with E-state index in [2.05, 4.69) is 12.2 Å². The molecule has 104 valence electrons. The van der Waals surface area contributed by atoms with Crippen molar-refractivity contribution in [2.75, 3.05) is 13.1 Å². The fraction of sp³-hybridized carbons (Fsp3) is 0.929. The van der Waals surface area contributed by atoms with Gasteiger partial charge in [0, 0.05) is 25.2 Å². The third kappa shape index (κ3) is 3.87. The van der Waals surface area contributed by atoms with Crippen LogP contribution in [-0.4, -0.2) is 36.1 Å². The lowest BCUT2D eigenvalue weighted by molar-refractivity contribution is 0.181. The first kappa shape index (κ1) is 13.7. The maximum atomic E-state index is 11.1. The van der Waals surface area contributed by atoms with E-state index in [1.54, 1.807) is 4.90 Å². The second-order valence-corrected chi connectivity index (χ2v) is 6.08. The Morgan fingerprint density at radius 2 is 1.72 bits per heavy atom. The number of amides is 2. The Kier molecular flexibility index (Phi) is 4.87. The Morgan fingerprint density at radius 1 is 1.06 bits per heavy atom. The van der Waals surface area contributed by atoms with Crippen LogP contribution < -0.4 is 11.1 Å². The molecule has 0 aromatic carbocycles. The minimum Gasteiger partial charge on any atom is -0.351 e. The number of piperidine rings is 1. The lowest BCUT2D eigenvalue weighted by Gasteiger charge is -2.33. The molecule has 2 aliphatic rings. The molecule has 1 aliphatic carbocycles. The molecule has 2 unspecified atom stereocenters. The standard InChI is InChI=1S/C14H27N3O/c1-11-3-2-4-12(6-5-11)16-13-7-9-17(10-8-13)14(15)18/h11-13,16H,2-10H2,1H3,(H2,15,18). The van der Waals surface area contributed by atoms with Crippen LogP contribution in [0.15, 0.2) is 0 Å². The van der Waals surface area contributed by atoms with Crippen LogP contribution in [0, 0.1) is 5.92 Å². The normalized spacial score (nSPS) is 31.1. The highest BCUT2D eigenvalue weighted by molar-refractivity contribution is 5.72. The lowest BCUT2D eigenvalue weighted by atomic mass is 10.0. The molecule has 3 N–H and O–H groups in total. The van der Waals surface area contributed by atoms with E-state index in [0.29, 0.717) is 12.1 Å². The van der Waals surface area contributed by atoms with Gasteiger partial charge < -0.3 is 16.0 Å². The Labute approximate surface area is 110 Å². The maximum absolute atomic E-state index is 11.1. The number of hydrogen-bond acceptors (Lipinski definition) is 2. The molecule has 1 saturated heterocycles. The summed E-state index contributed by atoms with van der Waals surface area (Å²) in [5.41, 5.74) is 5.30. The Hall–Kier alpha value is -0.770. The Bertz CT molecular complexity index is 274. The van der Waals surface area contributed by atoms with E-state index in [-0.39, 0.29) is 6.03 Å². The van der Waals surface area contributed by atoms with Gasteiger partial charge in [-0.2, -0.15) is 0 Å². The van der Waals surface area contributed by atoms with Crippen LogP contribution >= 0.6 is 0 Å². The van der Waals surface area contributed by atoms with Gasteiger partial charge in [-0.15, -0.1) is 0 Å². The highest BCUT2D eigenvalue weighted by Crippen LogP contribution is 2.23. The highest BCUT2D eigenvalue weighted by atomic mass is 16.2. The number of nitrogens with one attached hydrogen (secondary N) is 1. The fourth-order valence-corrected chi connectivity index (χ4v) is 3.25. The summed E-state index contributed by atoms with van der Waals surface area (Å²) in [4.78, 5) is 12.8. The number of nitrogens with zero attached hydrogens (tertiary/aromatic N) is 1. The van der Waals surface area contributed by atoms with Crippen LogP contribution in [0.2, 0.25) is 0 Å². The van der Waals surface area contributed by atoms with Crippen molar-refractivity contribution in [3.05, 3.63) is 0 Å². The van der Waals surface area contributed by atoms with Gasteiger partial charge in [-0.25, -0.2) is 4.79 Å². The van der Waals surface area contributed by atoms with Gasteiger partial charge in [-0.3, -0.25) is 0 Å². The second-order valence-electron chi connectivity index (χ2n) is 6.08. The molecule has 2 rings (SSSR count). The van der Waals surface area contributed by atoms with Crippen LogP contribution in [0.5, 0.6) is 0 Å². The van der Waals surface area contributed by atoms with Gasteiger partial charge in [0.2, 0.25) is 0 Å². The SMILES string of the molecule is CC1CCCC(NC2CCN(C(N)=O)CC2)CC1. The molecule has 0 aromatic rings. The number of carbonyl (C=O) groups excluding carboxylic acids is 1. The average molecular weight is 253 g/mol. The molecule has 0 aromatic heterocycles. The molecule has 2 fully saturated rings. The summed E-state index contributed by atoms with van der Waals surface area (Å²) in [6.45, 7) is 4.00. The van der Waals surface area contributed by atoms with Crippen molar-refractivity contribution in [3.8, 4) is 0 Å². The first-order valence-corrected chi connectivity index (χ1v) is 7.45. The minimum atomic E-state index is -0.267. The number of hydrogen-bond donors (Lipinski definition) is 2. The van der Waals surface area contributed by atoms with E-state index in [0.717, 1.165) is 31.8 Å². The first-order valence-electron chi connectivity index (χ1n) is 7.45. The molecule has 1 heterocycles. The number of primary amides is 1. The zero-order chi connectivity index (χ0) is 13.0. The molecule has 2 amide bonds. The first-order chi connectivity index (χ1) is 8.65. The topological polar surface area (TPSA) is 58.4 Å². The van der Waals surface area contributed by atoms with Gasteiger partial charge in [0.25, 0.3) is 0 Å². The third-order valence-electron chi connectivity index (χ3n) is 4.54. The minimum absolute atomic E-state index is 0.267. The smallest absolute Gasteiger partial charge is 0.314 e. The van der Waals surface area contributed by atoms with E-state index in [9.17, 15) is 4.79 Å². The van der Waals surface area contributed by atoms with Crippen LogP contribution in [0.3, 0.4) is 0 Å². The van der Waals surface area contributed by atoms with E-state index < -0.39 is 0 Å². The van der Waals surface area contributed by atoms with Gasteiger partial charge in [0.1, 0.15) is 0 Å². The molecule has 2 atom stereocenters. The summed E-state index contributed by atoms with van der Waals surface area (Å²) < 4.78 is 0. The summed E-state index contributed by atoms with van der Waals surface area (Å²) in [7, 11) is 0. The van der Waals surface area contributed by atoms with Crippen LogP contribution in [0.1, 0.15) is 51.9 Å². The van der Waals surface area contributed by atoms with Crippen LogP contribution in [-0.2, 0) is 0 Å². The molecular weight excluding hydrogens is 226 g/mol. The number of nitrogens with two attached hydrogens (primary N) is 1. The van der Waals surface area contributed by atoms with Crippen molar-refractivity contribution in [1.29, 1.82) is 0 Å². The average Bonchev–Trinajstić information content (AvgIpc) is 2.55. The van der Waals surface area contributed by atoms with Crippen molar-refractivity contribution in [1.82, 2.24) is 10.2 Å². The molecule has 18 heavy (non-hydrogen) atoms. The van der Waals surface area contributed by atoms with Crippen LogP contribution in [0.25, 0.3) is 0 Å². The summed E-state index contributed by atoms with van der Waals surface area (Å²) in [6, 6.07) is 1.01. The van der Waals surface area contributed by atoms with E-state index in [1.807, 2.05) is 0 Å². The highest BCUT2D eigenvalue weighted by Gasteiger charge is 2.24. The summed E-state index contributed by atoms with van der Waals surface area (Å²) >= 11 is 0. The zero-order valence-corrected chi connectivity index (χ0v) is 11.5. The molecule has 1 saturated carbocycles. The molecule has 0 radical (unpaired) electrons. The fourth-order valence-electron chi connectivity index (χ4n) is 3.25. The molecule has 4 nitrogen and oxygen atoms in total. The lowest BCUT2D eigenvalue weighted by Crippen LogP contribution is -2.49. The number of urea groups is 1. The van der Waals surface area contributed by atoms with Crippen molar-refractivity contribution >= 4 is 6.03 Å². The van der Waals surface area contributed by atoms with Crippen molar-refractivity contribution in [2.24, 2.45) is 11.7 Å². The predicted octanol–water partition coefficient (Wildman–Crippen LogP) is 2.09. The second kappa shape index (κ2) is 6.41.